The predicted octanol–water partition coefficient (Wildman–Crippen LogP) is 2.47. The molecule has 0 radical (unpaired) electrons. The number of alkyl halides is 6. The van der Waals surface area contributed by atoms with Crippen LogP contribution in [0.1, 0.15) is 11.3 Å². The van der Waals surface area contributed by atoms with Crippen LogP contribution in [0.25, 0.3) is 0 Å². The van der Waals surface area contributed by atoms with E-state index in [1.807, 2.05) is 0 Å². The Morgan fingerprint density at radius 1 is 1.21 bits per heavy atom. The van der Waals surface area contributed by atoms with Gasteiger partial charge >= 0.3 is 12.5 Å². The van der Waals surface area contributed by atoms with E-state index in [1.165, 1.54) is 0 Å². The molecule has 1 heterocycles. The van der Waals surface area contributed by atoms with Crippen LogP contribution in [-0.4, -0.2) is 18.5 Å². The fourth-order valence-corrected chi connectivity index (χ4v) is 1.23. The SMILES string of the molecule is COc1nc(CN)cc(C(F)(F)F)c1OC(F)(F)F. The summed E-state index contributed by atoms with van der Waals surface area (Å²) in [6.07, 6.45) is -10.4. The predicted molar refractivity (Wildman–Crippen MR) is 50.4 cm³/mol. The largest absolute Gasteiger partial charge is 0.573 e. The first-order chi connectivity index (χ1) is 8.58. The van der Waals surface area contributed by atoms with Crippen LogP contribution in [0, 0.1) is 0 Å². The first-order valence-electron chi connectivity index (χ1n) is 4.69. The minimum absolute atomic E-state index is 0.279. The van der Waals surface area contributed by atoms with Gasteiger partial charge in [-0.15, -0.1) is 13.2 Å². The zero-order valence-electron chi connectivity index (χ0n) is 9.39. The fraction of sp³-hybridized carbons (Fsp3) is 0.444. The molecule has 0 aliphatic carbocycles. The summed E-state index contributed by atoms with van der Waals surface area (Å²) in [5.74, 6) is -2.48. The second kappa shape index (κ2) is 5.11. The zero-order chi connectivity index (χ0) is 14.8. The van der Waals surface area contributed by atoms with Crippen LogP contribution in [0.2, 0.25) is 0 Å². The number of nitrogens with zero attached hydrogens (tertiary/aromatic N) is 1. The molecule has 108 valence electrons. The summed E-state index contributed by atoms with van der Waals surface area (Å²) in [6, 6.07) is 0.379. The van der Waals surface area contributed by atoms with Crippen LogP contribution < -0.4 is 15.2 Å². The van der Waals surface area contributed by atoms with Crippen molar-refractivity contribution >= 4 is 0 Å². The van der Waals surface area contributed by atoms with Crippen LogP contribution in [0.15, 0.2) is 6.07 Å². The second-order valence-electron chi connectivity index (χ2n) is 3.25. The van der Waals surface area contributed by atoms with Gasteiger partial charge in [-0.3, -0.25) is 0 Å². The minimum atomic E-state index is -5.31. The van der Waals surface area contributed by atoms with Crippen LogP contribution in [-0.2, 0) is 12.7 Å². The van der Waals surface area contributed by atoms with E-state index in [1.54, 1.807) is 0 Å². The quantitative estimate of drug-likeness (QED) is 0.869. The van der Waals surface area contributed by atoms with Gasteiger partial charge in [0.1, 0.15) is 5.56 Å². The van der Waals surface area contributed by atoms with Gasteiger partial charge in [0, 0.05) is 6.54 Å². The highest BCUT2D eigenvalue weighted by Crippen LogP contribution is 2.43. The molecule has 4 nitrogen and oxygen atoms in total. The summed E-state index contributed by atoms with van der Waals surface area (Å²) in [5.41, 5.74) is 3.18. The molecular formula is C9H8F6N2O2. The Labute approximate surface area is 103 Å². The third-order valence-electron chi connectivity index (χ3n) is 1.92. The molecule has 1 rings (SSSR count). The lowest BCUT2D eigenvalue weighted by Gasteiger charge is -2.18. The van der Waals surface area contributed by atoms with Crippen LogP contribution in [0.3, 0.4) is 0 Å². The Hall–Kier alpha value is -1.71. The van der Waals surface area contributed by atoms with Gasteiger partial charge in [0.15, 0.2) is 0 Å². The van der Waals surface area contributed by atoms with Crippen molar-refractivity contribution in [3.63, 3.8) is 0 Å². The number of pyridine rings is 1. The van der Waals surface area contributed by atoms with Crippen molar-refractivity contribution in [1.29, 1.82) is 0 Å². The first kappa shape index (κ1) is 15.3. The van der Waals surface area contributed by atoms with E-state index < -0.39 is 36.3 Å². The Kier molecular flexibility index (Phi) is 4.13. The third-order valence-corrected chi connectivity index (χ3v) is 1.92. The second-order valence-corrected chi connectivity index (χ2v) is 3.25. The van der Waals surface area contributed by atoms with Gasteiger partial charge in [0.2, 0.25) is 5.75 Å². The Bertz CT molecular complexity index is 457. The summed E-state index contributed by atoms with van der Waals surface area (Å²) in [4.78, 5) is 3.40. The molecule has 0 amide bonds. The number of halogens is 6. The molecule has 1 aromatic rings. The lowest BCUT2D eigenvalue weighted by molar-refractivity contribution is -0.276. The first-order valence-corrected chi connectivity index (χ1v) is 4.69. The van der Waals surface area contributed by atoms with Crippen molar-refractivity contribution in [2.45, 2.75) is 19.1 Å². The highest BCUT2D eigenvalue weighted by molar-refractivity contribution is 5.45. The molecule has 19 heavy (non-hydrogen) atoms. The number of nitrogens with two attached hydrogens (primary N) is 1. The van der Waals surface area contributed by atoms with Gasteiger partial charge in [-0.05, 0) is 6.07 Å². The lowest BCUT2D eigenvalue weighted by atomic mass is 10.2. The maximum atomic E-state index is 12.7. The van der Waals surface area contributed by atoms with Crippen molar-refractivity contribution < 1.29 is 35.8 Å². The van der Waals surface area contributed by atoms with E-state index in [0.29, 0.717) is 6.07 Å². The Morgan fingerprint density at radius 3 is 2.16 bits per heavy atom. The fourth-order valence-electron chi connectivity index (χ4n) is 1.23. The molecule has 0 bridgehead atoms. The highest BCUT2D eigenvalue weighted by atomic mass is 19.4. The minimum Gasteiger partial charge on any atom is -0.478 e. The summed E-state index contributed by atoms with van der Waals surface area (Å²) in [7, 11) is 0.867. The molecule has 0 saturated heterocycles. The number of hydrogen-bond acceptors (Lipinski definition) is 4. The van der Waals surface area contributed by atoms with Gasteiger partial charge in [-0.1, -0.05) is 0 Å². The van der Waals surface area contributed by atoms with E-state index in [9.17, 15) is 26.3 Å². The third kappa shape index (κ3) is 3.88. The van der Waals surface area contributed by atoms with Crippen molar-refractivity contribution in [2.24, 2.45) is 5.73 Å². The molecule has 0 aliphatic heterocycles. The van der Waals surface area contributed by atoms with E-state index in [0.717, 1.165) is 7.11 Å². The van der Waals surface area contributed by atoms with Crippen molar-refractivity contribution in [3.8, 4) is 11.6 Å². The van der Waals surface area contributed by atoms with Gasteiger partial charge in [0.25, 0.3) is 5.88 Å². The molecule has 0 saturated carbocycles. The topological polar surface area (TPSA) is 57.4 Å². The summed E-state index contributed by atoms with van der Waals surface area (Å²) < 4.78 is 82.1. The molecule has 0 aliphatic rings. The molecule has 1 aromatic heterocycles. The van der Waals surface area contributed by atoms with Crippen LogP contribution >= 0.6 is 0 Å². The van der Waals surface area contributed by atoms with Gasteiger partial charge < -0.3 is 15.2 Å². The molecule has 0 spiro atoms. The maximum Gasteiger partial charge on any atom is 0.573 e. The van der Waals surface area contributed by atoms with Crippen molar-refractivity contribution in [3.05, 3.63) is 17.3 Å². The number of ether oxygens (including phenoxy) is 2. The van der Waals surface area contributed by atoms with Crippen molar-refractivity contribution in [1.82, 2.24) is 4.98 Å². The number of rotatable bonds is 3. The Morgan fingerprint density at radius 2 is 1.79 bits per heavy atom. The monoisotopic (exact) mass is 290 g/mol. The molecule has 0 atom stereocenters. The average molecular weight is 290 g/mol. The van der Waals surface area contributed by atoms with Crippen molar-refractivity contribution in [2.75, 3.05) is 7.11 Å². The maximum absolute atomic E-state index is 12.7. The molecule has 0 unspecified atom stereocenters. The summed E-state index contributed by atoms with van der Waals surface area (Å²) in [5, 5.41) is 0. The zero-order valence-corrected chi connectivity index (χ0v) is 9.39. The average Bonchev–Trinajstić information content (AvgIpc) is 2.25. The lowest BCUT2D eigenvalue weighted by Crippen LogP contribution is -2.22. The molecule has 2 N–H and O–H groups in total. The van der Waals surface area contributed by atoms with Gasteiger partial charge in [-0.25, -0.2) is 4.98 Å². The van der Waals surface area contributed by atoms with Crippen LogP contribution in [0.4, 0.5) is 26.3 Å². The molecule has 0 fully saturated rings. The normalized spacial score (nSPS) is 12.4. The number of hydrogen-bond donors (Lipinski definition) is 1. The molecule has 10 heteroatoms. The summed E-state index contributed by atoms with van der Waals surface area (Å²) in [6.45, 7) is -0.397. The van der Waals surface area contributed by atoms with E-state index >= 15 is 0 Å². The number of aromatic nitrogens is 1. The molecule has 0 aromatic carbocycles. The van der Waals surface area contributed by atoms with Gasteiger partial charge in [0.05, 0.1) is 12.8 Å². The van der Waals surface area contributed by atoms with Gasteiger partial charge in [-0.2, -0.15) is 13.2 Å². The van der Waals surface area contributed by atoms with E-state index in [2.05, 4.69) is 14.5 Å². The molecular weight excluding hydrogens is 282 g/mol. The highest BCUT2D eigenvalue weighted by Gasteiger charge is 2.42. The van der Waals surface area contributed by atoms with E-state index in [-0.39, 0.29) is 5.69 Å². The number of methoxy groups -OCH3 is 1. The summed E-state index contributed by atoms with van der Waals surface area (Å²) >= 11 is 0. The smallest absolute Gasteiger partial charge is 0.478 e. The van der Waals surface area contributed by atoms with E-state index in [4.69, 9.17) is 5.73 Å². The standard InChI is InChI=1S/C9H8F6N2O2/c1-18-7-6(19-9(13,14)15)5(8(10,11)12)2-4(3-16)17-7/h2H,3,16H2,1H3. The van der Waals surface area contributed by atoms with Crippen LogP contribution in [0.5, 0.6) is 11.6 Å². The Balaban J connectivity index is 3.47.